The van der Waals surface area contributed by atoms with Crippen LogP contribution in [0.4, 0.5) is 11.5 Å². The van der Waals surface area contributed by atoms with E-state index in [-0.39, 0.29) is 5.91 Å². The van der Waals surface area contributed by atoms with Crippen LogP contribution in [0, 0.1) is 20.8 Å². The molecule has 1 amide bonds. The fourth-order valence-electron chi connectivity index (χ4n) is 3.22. The average Bonchev–Trinajstić information content (AvgIpc) is 2.71. The number of ether oxygens (including phenoxy) is 1. The highest BCUT2D eigenvalue weighted by Gasteiger charge is 2.09. The van der Waals surface area contributed by atoms with Crippen molar-refractivity contribution < 1.29 is 9.53 Å². The highest BCUT2D eigenvalue weighted by Crippen LogP contribution is 2.24. The number of anilines is 2. The first-order valence-electron chi connectivity index (χ1n) is 9.54. The molecule has 2 N–H and O–H groups in total. The predicted octanol–water partition coefficient (Wildman–Crippen LogP) is 4.13. The Morgan fingerprint density at radius 2 is 1.69 bits per heavy atom. The molecule has 3 rings (SSSR count). The summed E-state index contributed by atoms with van der Waals surface area (Å²) >= 11 is 0. The number of methoxy groups -OCH3 is 1. The van der Waals surface area contributed by atoms with Crippen molar-refractivity contribution >= 4 is 17.4 Å². The number of nitrogens with zero attached hydrogens (tertiary/aromatic N) is 2. The molecular formula is C23H26N4O2. The second-order valence-electron chi connectivity index (χ2n) is 7.04. The molecule has 150 valence electrons. The lowest BCUT2D eigenvalue weighted by Gasteiger charge is -2.13. The van der Waals surface area contributed by atoms with E-state index in [9.17, 15) is 4.79 Å². The second-order valence-corrected chi connectivity index (χ2v) is 7.04. The zero-order chi connectivity index (χ0) is 20.8. The zero-order valence-electron chi connectivity index (χ0n) is 17.2. The van der Waals surface area contributed by atoms with Gasteiger partial charge in [-0.15, -0.1) is 0 Å². The molecule has 0 saturated carbocycles. The summed E-state index contributed by atoms with van der Waals surface area (Å²) in [5.41, 5.74) is 5.94. The second kappa shape index (κ2) is 9.19. The monoisotopic (exact) mass is 390 g/mol. The van der Waals surface area contributed by atoms with Crippen LogP contribution in [0.15, 0.2) is 48.8 Å². The third-order valence-corrected chi connectivity index (χ3v) is 4.67. The van der Waals surface area contributed by atoms with Crippen LogP contribution >= 0.6 is 0 Å². The Kier molecular flexibility index (Phi) is 6.44. The van der Waals surface area contributed by atoms with E-state index >= 15 is 0 Å². The molecule has 0 aliphatic carbocycles. The smallest absolute Gasteiger partial charge is 0.271 e. The van der Waals surface area contributed by atoms with Crippen LogP contribution in [-0.2, 0) is 6.42 Å². The Bertz CT molecular complexity index is 960. The quantitative estimate of drug-likeness (QED) is 0.634. The van der Waals surface area contributed by atoms with Gasteiger partial charge in [0.05, 0.1) is 19.5 Å². The van der Waals surface area contributed by atoms with Gasteiger partial charge < -0.3 is 15.4 Å². The summed E-state index contributed by atoms with van der Waals surface area (Å²) in [7, 11) is 1.64. The van der Waals surface area contributed by atoms with Crippen LogP contribution in [0.1, 0.15) is 32.7 Å². The summed E-state index contributed by atoms with van der Waals surface area (Å²) in [4.78, 5) is 20.9. The first kappa shape index (κ1) is 20.3. The molecule has 0 radical (unpaired) electrons. The van der Waals surface area contributed by atoms with Crippen molar-refractivity contribution in [2.75, 3.05) is 19.0 Å². The highest BCUT2D eigenvalue weighted by molar-refractivity contribution is 5.92. The maximum atomic E-state index is 12.3. The molecule has 1 heterocycles. The Morgan fingerprint density at radius 1 is 1.00 bits per heavy atom. The number of hydrogen-bond donors (Lipinski definition) is 2. The SMILES string of the molecule is COc1ccc(CCNC(=O)c2cnc(Nc3c(C)cc(C)cc3C)cn2)cc1. The van der Waals surface area contributed by atoms with Gasteiger partial charge in [0, 0.05) is 12.2 Å². The van der Waals surface area contributed by atoms with Crippen molar-refractivity contribution in [2.24, 2.45) is 0 Å². The van der Waals surface area contributed by atoms with Crippen molar-refractivity contribution in [2.45, 2.75) is 27.2 Å². The molecule has 0 saturated heterocycles. The minimum absolute atomic E-state index is 0.236. The van der Waals surface area contributed by atoms with Crippen LogP contribution in [0.25, 0.3) is 0 Å². The summed E-state index contributed by atoms with van der Waals surface area (Å²) in [6, 6.07) is 12.0. The van der Waals surface area contributed by atoms with Crippen molar-refractivity contribution in [3.8, 4) is 5.75 Å². The molecular weight excluding hydrogens is 364 g/mol. The van der Waals surface area contributed by atoms with E-state index in [1.165, 1.54) is 11.8 Å². The van der Waals surface area contributed by atoms with Crippen molar-refractivity contribution in [3.63, 3.8) is 0 Å². The van der Waals surface area contributed by atoms with Gasteiger partial charge in [-0.1, -0.05) is 29.8 Å². The van der Waals surface area contributed by atoms with E-state index in [4.69, 9.17) is 4.74 Å². The normalized spacial score (nSPS) is 10.5. The predicted molar refractivity (Wildman–Crippen MR) is 115 cm³/mol. The number of nitrogens with one attached hydrogen (secondary N) is 2. The van der Waals surface area contributed by atoms with Gasteiger partial charge in [-0.05, 0) is 56.0 Å². The molecule has 0 aliphatic rings. The van der Waals surface area contributed by atoms with Gasteiger partial charge in [-0.25, -0.2) is 9.97 Å². The zero-order valence-corrected chi connectivity index (χ0v) is 17.2. The molecule has 6 nitrogen and oxygen atoms in total. The molecule has 1 aromatic heterocycles. The van der Waals surface area contributed by atoms with Gasteiger partial charge in [0.2, 0.25) is 0 Å². The fraction of sp³-hybridized carbons (Fsp3) is 0.261. The number of benzene rings is 2. The Balaban J connectivity index is 1.56. The van der Waals surface area contributed by atoms with Gasteiger partial charge in [-0.3, -0.25) is 4.79 Å². The van der Waals surface area contributed by atoms with Crippen LogP contribution in [0.5, 0.6) is 5.75 Å². The molecule has 29 heavy (non-hydrogen) atoms. The van der Waals surface area contributed by atoms with Crippen LogP contribution in [-0.4, -0.2) is 29.5 Å². The summed E-state index contributed by atoms with van der Waals surface area (Å²) < 4.78 is 5.14. The number of rotatable bonds is 7. The molecule has 3 aromatic rings. The van der Waals surface area contributed by atoms with Crippen molar-refractivity contribution in [3.05, 3.63) is 76.7 Å². The minimum Gasteiger partial charge on any atom is -0.497 e. The van der Waals surface area contributed by atoms with Crippen molar-refractivity contribution in [1.29, 1.82) is 0 Å². The summed E-state index contributed by atoms with van der Waals surface area (Å²) in [5, 5.41) is 6.17. The van der Waals surface area contributed by atoms with E-state index in [0.29, 0.717) is 18.1 Å². The maximum absolute atomic E-state index is 12.3. The van der Waals surface area contributed by atoms with Crippen LogP contribution < -0.4 is 15.4 Å². The Hall–Kier alpha value is -3.41. The third-order valence-electron chi connectivity index (χ3n) is 4.67. The van der Waals surface area contributed by atoms with E-state index in [0.717, 1.165) is 34.5 Å². The molecule has 0 fully saturated rings. The van der Waals surface area contributed by atoms with Gasteiger partial charge in [0.1, 0.15) is 17.3 Å². The molecule has 0 aliphatic heterocycles. The highest BCUT2D eigenvalue weighted by atomic mass is 16.5. The number of hydrogen-bond acceptors (Lipinski definition) is 5. The van der Waals surface area contributed by atoms with E-state index < -0.39 is 0 Å². The number of aryl methyl sites for hydroxylation is 3. The number of amides is 1. The van der Waals surface area contributed by atoms with Gasteiger partial charge in [-0.2, -0.15) is 0 Å². The van der Waals surface area contributed by atoms with Gasteiger partial charge in [0.25, 0.3) is 5.91 Å². The van der Waals surface area contributed by atoms with E-state index in [1.807, 2.05) is 24.3 Å². The lowest BCUT2D eigenvalue weighted by molar-refractivity contribution is 0.0949. The molecule has 2 aromatic carbocycles. The maximum Gasteiger partial charge on any atom is 0.271 e. The molecule has 6 heteroatoms. The Labute approximate surface area is 171 Å². The molecule has 0 spiro atoms. The van der Waals surface area contributed by atoms with E-state index in [2.05, 4.69) is 53.5 Å². The average molecular weight is 390 g/mol. The number of carbonyl (C=O) groups excluding carboxylic acids is 1. The summed E-state index contributed by atoms with van der Waals surface area (Å²) in [6.07, 6.45) is 3.80. The number of carbonyl (C=O) groups is 1. The molecule has 0 unspecified atom stereocenters. The topological polar surface area (TPSA) is 76.1 Å². The van der Waals surface area contributed by atoms with E-state index in [1.54, 1.807) is 13.3 Å². The fourth-order valence-corrected chi connectivity index (χ4v) is 3.22. The van der Waals surface area contributed by atoms with Gasteiger partial charge in [0.15, 0.2) is 0 Å². The lowest BCUT2D eigenvalue weighted by Crippen LogP contribution is -2.26. The van der Waals surface area contributed by atoms with Crippen LogP contribution in [0.3, 0.4) is 0 Å². The summed E-state index contributed by atoms with van der Waals surface area (Å²) in [5.74, 6) is 1.19. The largest absolute Gasteiger partial charge is 0.497 e. The lowest BCUT2D eigenvalue weighted by atomic mass is 10.1. The van der Waals surface area contributed by atoms with Crippen LogP contribution in [0.2, 0.25) is 0 Å². The summed E-state index contributed by atoms with van der Waals surface area (Å²) in [6.45, 7) is 6.71. The number of aromatic nitrogens is 2. The standard InChI is InChI=1S/C23H26N4O2/c1-15-11-16(2)22(17(3)12-15)27-21-14-25-20(13-26-21)23(28)24-10-9-18-5-7-19(29-4)8-6-18/h5-8,11-14H,9-10H2,1-4H3,(H,24,28)(H,26,27). The Morgan fingerprint density at radius 3 is 2.28 bits per heavy atom. The first-order chi connectivity index (χ1) is 14.0. The third kappa shape index (κ3) is 5.31. The minimum atomic E-state index is -0.236. The van der Waals surface area contributed by atoms with Crippen molar-refractivity contribution in [1.82, 2.24) is 15.3 Å². The molecule has 0 bridgehead atoms. The molecule has 0 atom stereocenters. The van der Waals surface area contributed by atoms with Gasteiger partial charge >= 0.3 is 0 Å². The first-order valence-corrected chi connectivity index (χ1v) is 9.54.